The predicted octanol–water partition coefficient (Wildman–Crippen LogP) is 1.40. The molecule has 0 aromatic rings. The third kappa shape index (κ3) is 7.28. The maximum atomic E-state index is 10.3. The van der Waals surface area contributed by atoms with Gasteiger partial charge in [0.25, 0.3) is 0 Å². The van der Waals surface area contributed by atoms with E-state index in [1.54, 1.807) is 0 Å². The molecule has 0 aliphatic heterocycles. The van der Waals surface area contributed by atoms with Crippen molar-refractivity contribution >= 4 is 53.0 Å². The van der Waals surface area contributed by atoms with E-state index in [1.807, 2.05) is 0 Å². The van der Waals surface area contributed by atoms with E-state index in [0.29, 0.717) is 0 Å². The Morgan fingerprint density at radius 2 is 1.40 bits per heavy atom. The van der Waals surface area contributed by atoms with Gasteiger partial charge >= 0.3 is 0 Å². The Bertz CT molecular complexity index is 135. The smallest absolute Gasteiger partial charge is 0.116 e. The summed E-state index contributed by atoms with van der Waals surface area (Å²) in [5, 5.41) is -0.475. The second kappa shape index (κ2) is 5.77. The summed E-state index contributed by atoms with van der Waals surface area (Å²) >= 11 is 5.52. The van der Waals surface area contributed by atoms with E-state index in [2.05, 4.69) is 0 Å². The Morgan fingerprint density at radius 1 is 1.10 bits per heavy atom. The van der Waals surface area contributed by atoms with E-state index in [-0.39, 0.29) is 11.5 Å². The minimum atomic E-state index is -1.46. The van der Waals surface area contributed by atoms with Crippen LogP contribution in [0.3, 0.4) is 0 Å². The molecule has 62 valence electrons. The molecule has 2 unspecified atom stereocenters. The van der Waals surface area contributed by atoms with Crippen molar-refractivity contribution in [2.75, 3.05) is 11.5 Å². The molecule has 0 bridgehead atoms. The number of hydrogen-bond acceptors (Lipinski definition) is 2. The van der Waals surface area contributed by atoms with Crippen molar-refractivity contribution in [2.45, 2.75) is 5.38 Å². The molecule has 7 heteroatoms. The highest BCUT2D eigenvalue weighted by Crippen LogP contribution is 2.05. The second-order valence-corrected chi connectivity index (χ2v) is 6.02. The van der Waals surface area contributed by atoms with Crippen molar-refractivity contribution < 1.29 is 8.42 Å². The SMILES string of the molecule is O=S(Cl)CC(Cl)CS(=O)Cl. The molecule has 0 aromatic heterocycles. The van der Waals surface area contributed by atoms with Crippen LogP contribution >= 0.6 is 33.0 Å². The van der Waals surface area contributed by atoms with Gasteiger partial charge in [-0.2, -0.15) is 0 Å². The molecule has 0 fully saturated rings. The molecule has 0 spiro atoms. The van der Waals surface area contributed by atoms with Gasteiger partial charge in [0, 0.05) is 0 Å². The summed E-state index contributed by atoms with van der Waals surface area (Å²) in [5.74, 6) is 0.225. The topological polar surface area (TPSA) is 34.1 Å². The van der Waals surface area contributed by atoms with Crippen molar-refractivity contribution in [2.24, 2.45) is 0 Å². The molecule has 0 heterocycles. The van der Waals surface area contributed by atoms with Crippen molar-refractivity contribution in [3.63, 3.8) is 0 Å². The molecular weight excluding hydrogens is 239 g/mol. The van der Waals surface area contributed by atoms with Gasteiger partial charge in [0.2, 0.25) is 0 Å². The van der Waals surface area contributed by atoms with Crippen LogP contribution < -0.4 is 0 Å². The zero-order chi connectivity index (χ0) is 8.15. The molecule has 0 amide bonds. The van der Waals surface area contributed by atoms with Gasteiger partial charge in [-0.15, -0.1) is 11.6 Å². The van der Waals surface area contributed by atoms with Crippen LogP contribution in [0.5, 0.6) is 0 Å². The lowest BCUT2D eigenvalue weighted by Gasteiger charge is -2.00. The fourth-order valence-corrected chi connectivity index (χ4v) is 3.27. The van der Waals surface area contributed by atoms with Gasteiger partial charge in [0.1, 0.15) is 20.0 Å². The molecule has 0 aromatic carbocycles. The Hall–Kier alpha value is 1.17. The van der Waals surface area contributed by atoms with E-state index < -0.39 is 25.4 Å². The normalized spacial score (nSPS) is 19.9. The predicted molar refractivity (Wildman–Crippen MR) is 47.4 cm³/mol. The van der Waals surface area contributed by atoms with Crippen LogP contribution in [-0.2, 0) is 20.0 Å². The minimum Gasteiger partial charge on any atom is -0.243 e. The van der Waals surface area contributed by atoms with Crippen LogP contribution in [-0.4, -0.2) is 25.3 Å². The largest absolute Gasteiger partial charge is 0.243 e. The highest BCUT2D eigenvalue weighted by atomic mass is 35.7. The minimum absolute atomic E-state index is 0.113. The maximum absolute atomic E-state index is 10.3. The first-order valence-electron chi connectivity index (χ1n) is 2.25. The Balaban J connectivity index is 3.53. The van der Waals surface area contributed by atoms with E-state index in [9.17, 15) is 8.42 Å². The monoisotopic (exact) mass is 242 g/mol. The third-order valence-corrected chi connectivity index (χ3v) is 3.38. The molecule has 0 rings (SSSR count). The van der Waals surface area contributed by atoms with Crippen LogP contribution in [0.1, 0.15) is 0 Å². The summed E-state index contributed by atoms with van der Waals surface area (Å²) in [6, 6.07) is 0. The van der Waals surface area contributed by atoms with Gasteiger partial charge in [-0.25, -0.2) is 8.42 Å². The van der Waals surface area contributed by atoms with Gasteiger partial charge in [-0.05, 0) is 21.4 Å². The summed E-state index contributed by atoms with van der Waals surface area (Å²) in [4.78, 5) is 0. The molecular formula is C3H5Cl3O2S2. The first-order chi connectivity index (χ1) is 4.52. The molecule has 0 aliphatic rings. The zero-order valence-corrected chi connectivity index (χ0v) is 8.66. The van der Waals surface area contributed by atoms with Gasteiger partial charge in [0.15, 0.2) is 0 Å². The lowest BCUT2D eigenvalue weighted by Crippen LogP contribution is -2.14. The first-order valence-corrected chi connectivity index (χ1v) is 6.98. The van der Waals surface area contributed by atoms with Crippen molar-refractivity contribution in [3.05, 3.63) is 0 Å². The van der Waals surface area contributed by atoms with Crippen LogP contribution in [0.4, 0.5) is 0 Å². The maximum Gasteiger partial charge on any atom is 0.116 e. The standard InChI is InChI=1S/C3H5Cl3O2S2/c4-3(1-9(5)7)2-10(6)8/h3H,1-2H2. The first kappa shape index (κ1) is 11.2. The highest BCUT2D eigenvalue weighted by Gasteiger charge is 2.10. The number of rotatable bonds is 4. The average Bonchev–Trinajstić information content (AvgIpc) is 1.58. The highest BCUT2D eigenvalue weighted by molar-refractivity contribution is 8.09. The van der Waals surface area contributed by atoms with Crippen LogP contribution in [0.25, 0.3) is 0 Å². The third-order valence-electron chi connectivity index (χ3n) is 0.624. The summed E-state index contributed by atoms with van der Waals surface area (Å²) in [5.41, 5.74) is 0. The lowest BCUT2D eigenvalue weighted by molar-refractivity contribution is 0.687. The number of halogens is 3. The summed E-state index contributed by atoms with van der Waals surface area (Å²) in [6.07, 6.45) is 0. The second-order valence-electron chi connectivity index (χ2n) is 1.51. The zero-order valence-electron chi connectivity index (χ0n) is 4.76. The Morgan fingerprint density at radius 3 is 1.60 bits per heavy atom. The van der Waals surface area contributed by atoms with Gasteiger partial charge < -0.3 is 0 Å². The fourth-order valence-electron chi connectivity index (χ4n) is 0.332. The quantitative estimate of drug-likeness (QED) is 0.552. The Labute approximate surface area is 78.1 Å². The van der Waals surface area contributed by atoms with E-state index >= 15 is 0 Å². The molecule has 0 aliphatic carbocycles. The Kier molecular flexibility index (Phi) is 6.45. The van der Waals surface area contributed by atoms with Gasteiger partial charge in [-0.1, -0.05) is 0 Å². The lowest BCUT2D eigenvalue weighted by atomic mass is 10.6. The summed E-state index contributed by atoms with van der Waals surface area (Å²) < 4.78 is 20.6. The number of hydrogen-bond donors (Lipinski definition) is 0. The van der Waals surface area contributed by atoms with Crippen molar-refractivity contribution in [3.8, 4) is 0 Å². The average molecular weight is 244 g/mol. The van der Waals surface area contributed by atoms with Gasteiger partial charge in [0.05, 0.1) is 16.9 Å². The van der Waals surface area contributed by atoms with Crippen LogP contribution in [0, 0.1) is 0 Å². The van der Waals surface area contributed by atoms with E-state index in [1.165, 1.54) is 0 Å². The molecule has 2 atom stereocenters. The molecule has 0 radical (unpaired) electrons. The number of alkyl halides is 1. The van der Waals surface area contributed by atoms with Crippen molar-refractivity contribution in [1.29, 1.82) is 0 Å². The molecule has 2 nitrogen and oxygen atoms in total. The van der Waals surface area contributed by atoms with E-state index in [0.717, 1.165) is 0 Å². The molecule has 10 heavy (non-hydrogen) atoms. The summed E-state index contributed by atoms with van der Waals surface area (Å²) in [7, 11) is 7.27. The molecule has 0 saturated heterocycles. The van der Waals surface area contributed by atoms with Crippen molar-refractivity contribution in [1.82, 2.24) is 0 Å². The fraction of sp³-hybridized carbons (Fsp3) is 1.00. The van der Waals surface area contributed by atoms with Crippen LogP contribution in [0.2, 0.25) is 0 Å². The summed E-state index contributed by atoms with van der Waals surface area (Å²) in [6.45, 7) is 0. The van der Waals surface area contributed by atoms with Crippen LogP contribution in [0.15, 0.2) is 0 Å². The van der Waals surface area contributed by atoms with E-state index in [4.69, 9.17) is 33.0 Å². The molecule has 0 saturated carbocycles. The molecule has 0 N–H and O–H groups in total. The van der Waals surface area contributed by atoms with Gasteiger partial charge in [-0.3, -0.25) is 0 Å².